The first-order chi connectivity index (χ1) is 7.59. The van der Waals surface area contributed by atoms with Gasteiger partial charge in [-0.3, -0.25) is 4.79 Å². The molecule has 6 heteroatoms. The smallest absolute Gasteiger partial charge is 0.219 e. The number of carbonyl (C=O) groups excluding carboxylic acids is 1. The van der Waals surface area contributed by atoms with Gasteiger partial charge in [0, 0.05) is 29.8 Å². The van der Waals surface area contributed by atoms with Crippen LogP contribution in [0.15, 0.2) is 22.9 Å². The summed E-state index contributed by atoms with van der Waals surface area (Å²) in [6.45, 7) is 0.539. The normalized spacial score (nSPS) is 10.9. The molecule has 0 saturated carbocycles. The number of rotatable bonds is 3. The van der Waals surface area contributed by atoms with Crippen molar-refractivity contribution >= 4 is 44.3 Å². The standard InChI is InChI=1S/C10H9BrClN3O/c11-6-5-15(4-2-8(13)16)7-1-3-14-10(12)9(6)7/h1,3,5H,2,4H2,(H2,13,16). The molecule has 84 valence electrons. The van der Waals surface area contributed by atoms with Gasteiger partial charge in [0.25, 0.3) is 0 Å². The molecule has 2 aromatic heterocycles. The molecule has 0 aliphatic rings. The molecule has 4 nitrogen and oxygen atoms in total. The molecule has 16 heavy (non-hydrogen) atoms. The summed E-state index contributed by atoms with van der Waals surface area (Å²) in [5, 5.41) is 1.30. The molecule has 0 spiro atoms. The Morgan fingerprint density at radius 1 is 1.62 bits per heavy atom. The van der Waals surface area contributed by atoms with Crippen LogP contribution in [0.2, 0.25) is 5.15 Å². The van der Waals surface area contributed by atoms with Gasteiger partial charge in [-0.25, -0.2) is 4.98 Å². The SMILES string of the molecule is NC(=O)CCn1cc(Br)c2c(Cl)nccc21. The average Bonchev–Trinajstić information content (AvgIpc) is 2.54. The van der Waals surface area contributed by atoms with E-state index in [1.54, 1.807) is 6.20 Å². The maximum absolute atomic E-state index is 10.7. The fourth-order valence-corrected chi connectivity index (χ4v) is 2.58. The van der Waals surface area contributed by atoms with Crippen molar-refractivity contribution in [2.24, 2.45) is 5.73 Å². The molecule has 0 saturated heterocycles. The van der Waals surface area contributed by atoms with Crippen molar-refractivity contribution in [1.82, 2.24) is 9.55 Å². The molecule has 2 aromatic rings. The molecule has 0 radical (unpaired) electrons. The number of nitrogens with zero attached hydrogens (tertiary/aromatic N) is 2. The third-order valence-electron chi connectivity index (χ3n) is 2.30. The Labute approximate surface area is 106 Å². The van der Waals surface area contributed by atoms with E-state index in [1.807, 2.05) is 16.8 Å². The molecule has 0 bridgehead atoms. The second kappa shape index (κ2) is 4.43. The van der Waals surface area contributed by atoms with Crippen LogP contribution in [0.5, 0.6) is 0 Å². The third-order valence-corrected chi connectivity index (χ3v) is 3.19. The third kappa shape index (κ3) is 2.05. The lowest BCUT2D eigenvalue weighted by Crippen LogP contribution is -2.13. The molecule has 0 unspecified atom stereocenters. The van der Waals surface area contributed by atoms with Gasteiger partial charge in [-0.05, 0) is 22.0 Å². The van der Waals surface area contributed by atoms with Crippen LogP contribution in [0, 0.1) is 0 Å². The molecule has 1 amide bonds. The summed E-state index contributed by atoms with van der Waals surface area (Å²) in [5.41, 5.74) is 6.06. The molecule has 0 atom stereocenters. The van der Waals surface area contributed by atoms with Crippen molar-refractivity contribution in [3.05, 3.63) is 28.1 Å². The number of primary amides is 1. The molecule has 2 rings (SSSR count). The van der Waals surface area contributed by atoms with E-state index in [4.69, 9.17) is 17.3 Å². The molecule has 2 heterocycles. The van der Waals surface area contributed by atoms with Crippen LogP contribution < -0.4 is 5.73 Å². The van der Waals surface area contributed by atoms with E-state index in [1.165, 1.54) is 0 Å². The Hall–Kier alpha value is -1.07. The number of halogens is 2. The monoisotopic (exact) mass is 301 g/mol. The molecule has 0 aliphatic heterocycles. The van der Waals surface area contributed by atoms with Gasteiger partial charge in [-0.1, -0.05) is 11.6 Å². The van der Waals surface area contributed by atoms with E-state index < -0.39 is 0 Å². The summed E-state index contributed by atoms with van der Waals surface area (Å²) in [7, 11) is 0. The first-order valence-corrected chi connectivity index (χ1v) is 5.84. The Balaban J connectivity index is 2.47. The number of nitrogens with two attached hydrogens (primary N) is 1. The molecule has 0 aliphatic carbocycles. The highest BCUT2D eigenvalue weighted by Gasteiger charge is 2.10. The first-order valence-electron chi connectivity index (χ1n) is 4.66. The number of hydrogen-bond acceptors (Lipinski definition) is 2. The van der Waals surface area contributed by atoms with E-state index >= 15 is 0 Å². The highest BCUT2D eigenvalue weighted by Crippen LogP contribution is 2.30. The topological polar surface area (TPSA) is 60.9 Å². The fraction of sp³-hybridized carbons (Fsp3) is 0.200. The van der Waals surface area contributed by atoms with Crippen LogP contribution in [0.1, 0.15) is 6.42 Å². The van der Waals surface area contributed by atoms with Crippen LogP contribution in [-0.2, 0) is 11.3 Å². The largest absolute Gasteiger partial charge is 0.370 e. The maximum Gasteiger partial charge on any atom is 0.219 e. The van der Waals surface area contributed by atoms with Gasteiger partial charge in [-0.2, -0.15) is 0 Å². The Bertz CT molecular complexity index is 552. The summed E-state index contributed by atoms with van der Waals surface area (Å²) in [6, 6.07) is 1.85. The minimum Gasteiger partial charge on any atom is -0.370 e. The van der Waals surface area contributed by atoms with Gasteiger partial charge in [-0.15, -0.1) is 0 Å². The van der Waals surface area contributed by atoms with Crippen LogP contribution in [0.25, 0.3) is 10.9 Å². The lowest BCUT2D eigenvalue weighted by molar-refractivity contribution is -0.118. The number of carbonyl (C=O) groups is 1. The van der Waals surface area contributed by atoms with E-state index in [9.17, 15) is 4.79 Å². The van der Waals surface area contributed by atoms with E-state index in [2.05, 4.69) is 20.9 Å². The quantitative estimate of drug-likeness (QED) is 0.885. The maximum atomic E-state index is 10.7. The van der Waals surface area contributed by atoms with Crippen LogP contribution in [0.4, 0.5) is 0 Å². The Morgan fingerprint density at radius 3 is 3.06 bits per heavy atom. The molecule has 0 fully saturated rings. The van der Waals surface area contributed by atoms with Gasteiger partial charge in [0.15, 0.2) is 0 Å². The number of amides is 1. The van der Waals surface area contributed by atoms with Crippen molar-refractivity contribution in [2.45, 2.75) is 13.0 Å². The number of fused-ring (bicyclic) bond motifs is 1. The lowest BCUT2D eigenvalue weighted by Gasteiger charge is -2.02. The van der Waals surface area contributed by atoms with Crippen LogP contribution in [-0.4, -0.2) is 15.5 Å². The van der Waals surface area contributed by atoms with Crippen molar-refractivity contribution in [3.8, 4) is 0 Å². The Kier molecular flexibility index (Phi) is 3.16. The second-order valence-corrected chi connectivity index (χ2v) is 4.59. The molecular weight excluding hydrogens is 293 g/mol. The number of pyridine rings is 1. The summed E-state index contributed by atoms with van der Waals surface area (Å²) < 4.78 is 2.79. The number of aryl methyl sites for hydroxylation is 1. The van der Waals surface area contributed by atoms with Crippen LogP contribution in [0.3, 0.4) is 0 Å². The van der Waals surface area contributed by atoms with Crippen molar-refractivity contribution < 1.29 is 4.79 Å². The first kappa shape index (κ1) is 11.4. The van der Waals surface area contributed by atoms with E-state index in [-0.39, 0.29) is 5.91 Å². The average molecular weight is 303 g/mol. The predicted octanol–water partition coefficient (Wildman–Crippen LogP) is 2.33. The van der Waals surface area contributed by atoms with Crippen molar-refractivity contribution in [2.75, 3.05) is 0 Å². The fourth-order valence-electron chi connectivity index (χ4n) is 1.57. The van der Waals surface area contributed by atoms with Crippen molar-refractivity contribution in [3.63, 3.8) is 0 Å². The molecule has 2 N–H and O–H groups in total. The zero-order chi connectivity index (χ0) is 11.7. The van der Waals surface area contributed by atoms with Crippen molar-refractivity contribution in [1.29, 1.82) is 0 Å². The summed E-state index contributed by atoms with van der Waals surface area (Å²) in [6.07, 6.45) is 3.81. The van der Waals surface area contributed by atoms with Gasteiger partial charge in [0.1, 0.15) is 5.15 Å². The minimum absolute atomic E-state index is 0.302. The summed E-state index contributed by atoms with van der Waals surface area (Å²) in [4.78, 5) is 14.7. The second-order valence-electron chi connectivity index (χ2n) is 3.38. The highest BCUT2D eigenvalue weighted by molar-refractivity contribution is 9.10. The van der Waals surface area contributed by atoms with E-state index in [0.717, 1.165) is 15.4 Å². The van der Waals surface area contributed by atoms with Gasteiger partial charge in [0.05, 0.1) is 10.9 Å². The van der Waals surface area contributed by atoms with Gasteiger partial charge >= 0.3 is 0 Å². The summed E-state index contributed by atoms with van der Waals surface area (Å²) >= 11 is 9.41. The van der Waals surface area contributed by atoms with Gasteiger partial charge in [0.2, 0.25) is 5.91 Å². The Morgan fingerprint density at radius 2 is 2.38 bits per heavy atom. The zero-order valence-corrected chi connectivity index (χ0v) is 10.6. The number of aromatic nitrogens is 2. The van der Waals surface area contributed by atoms with E-state index in [0.29, 0.717) is 18.1 Å². The molecule has 0 aromatic carbocycles. The highest BCUT2D eigenvalue weighted by atomic mass is 79.9. The number of hydrogen-bond donors (Lipinski definition) is 1. The van der Waals surface area contributed by atoms with Gasteiger partial charge < -0.3 is 10.3 Å². The lowest BCUT2D eigenvalue weighted by atomic mass is 10.3. The van der Waals surface area contributed by atoms with Crippen LogP contribution >= 0.6 is 27.5 Å². The molecular formula is C10H9BrClN3O. The summed E-state index contributed by atoms with van der Waals surface area (Å²) in [5.74, 6) is -0.321. The zero-order valence-electron chi connectivity index (χ0n) is 8.28. The predicted molar refractivity (Wildman–Crippen MR) is 66.3 cm³/mol. The minimum atomic E-state index is -0.321.